The summed E-state index contributed by atoms with van der Waals surface area (Å²) < 4.78 is 25.4. The zero-order chi connectivity index (χ0) is 16.4. The molecule has 0 atom stereocenters. The second kappa shape index (κ2) is 9.38. The standard InChI is InChI=1S/C16H24N2O3S/c1-3-4-5-6-13-18-16(19)12-9-14-7-10-15(11-8-14)22(20,21)17-2/h7-12,17H,3-6,13H2,1-2H3,(H,18,19)/b12-9+. The van der Waals surface area contributed by atoms with Crippen molar-refractivity contribution < 1.29 is 13.2 Å². The molecule has 0 spiro atoms. The molecule has 0 aliphatic carbocycles. The maximum Gasteiger partial charge on any atom is 0.243 e. The summed E-state index contributed by atoms with van der Waals surface area (Å²) in [6.45, 7) is 2.83. The molecule has 6 heteroatoms. The van der Waals surface area contributed by atoms with Crippen molar-refractivity contribution >= 4 is 22.0 Å². The van der Waals surface area contributed by atoms with Gasteiger partial charge in [-0.1, -0.05) is 38.3 Å². The second-order valence-electron chi connectivity index (χ2n) is 4.96. The van der Waals surface area contributed by atoms with Crippen molar-refractivity contribution in [1.29, 1.82) is 0 Å². The molecule has 22 heavy (non-hydrogen) atoms. The van der Waals surface area contributed by atoms with Crippen molar-refractivity contribution in [2.45, 2.75) is 37.5 Å². The molecule has 0 fully saturated rings. The summed E-state index contributed by atoms with van der Waals surface area (Å²) in [5.74, 6) is -0.136. The molecule has 1 amide bonds. The minimum atomic E-state index is -3.42. The highest BCUT2D eigenvalue weighted by Crippen LogP contribution is 2.11. The first-order chi connectivity index (χ1) is 10.5. The van der Waals surface area contributed by atoms with E-state index in [0.717, 1.165) is 18.4 Å². The molecule has 0 aliphatic rings. The normalized spacial score (nSPS) is 11.7. The second-order valence-corrected chi connectivity index (χ2v) is 6.85. The summed E-state index contributed by atoms with van der Waals surface area (Å²) in [4.78, 5) is 11.8. The summed E-state index contributed by atoms with van der Waals surface area (Å²) in [6.07, 6.45) is 7.60. The van der Waals surface area contributed by atoms with Gasteiger partial charge in [0.15, 0.2) is 0 Å². The Labute approximate surface area is 132 Å². The number of benzene rings is 1. The van der Waals surface area contributed by atoms with Crippen LogP contribution in [0.4, 0.5) is 0 Å². The number of carbonyl (C=O) groups is 1. The van der Waals surface area contributed by atoms with Crippen molar-refractivity contribution in [1.82, 2.24) is 10.0 Å². The summed E-state index contributed by atoms with van der Waals surface area (Å²) in [6, 6.07) is 6.34. The van der Waals surface area contributed by atoms with Crippen LogP contribution in [0.2, 0.25) is 0 Å². The Bertz CT molecular complexity index is 592. The Morgan fingerprint density at radius 1 is 1.14 bits per heavy atom. The lowest BCUT2D eigenvalue weighted by Crippen LogP contribution is -2.21. The third kappa shape index (κ3) is 6.41. The van der Waals surface area contributed by atoms with E-state index in [1.54, 1.807) is 18.2 Å². The van der Waals surface area contributed by atoms with Gasteiger partial charge < -0.3 is 5.32 Å². The first-order valence-electron chi connectivity index (χ1n) is 7.49. The maximum absolute atomic E-state index is 11.6. The van der Waals surface area contributed by atoms with Crippen LogP contribution in [0.15, 0.2) is 35.2 Å². The number of amides is 1. The smallest absolute Gasteiger partial charge is 0.243 e. The van der Waals surface area contributed by atoms with Crippen molar-refractivity contribution in [3.8, 4) is 0 Å². The molecule has 0 aromatic heterocycles. The fourth-order valence-corrected chi connectivity index (χ4v) is 2.60. The van der Waals surface area contributed by atoms with Crippen LogP contribution >= 0.6 is 0 Å². The zero-order valence-electron chi connectivity index (χ0n) is 13.1. The molecule has 1 aromatic rings. The zero-order valence-corrected chi connectivity index (χ0v) is 13.9. The Morgan fingerprint density at radius 3 is 2.41 bits per heavy atom. The molecule has 0 saturated heterocycles. The Balaban J connectivity index is 2.48. The van der Waals surface area contributed by atoms with Gasteiger partial charge in [-0.2, -0.15) is 0 Å². The summed E-state index contributed by atoms with van der Waals surface area (Å²) in [7, 11) is -2.05. The molecule has 0 radical (unpaired) electrons. The third-order valence-electron chi connectivity index (χ3n) is 3.22. The van der Waals surface area contributed by atoms with E-state index in [-0.39, 0.29) is 10.8 Å². The van der Waals surface area contributed by atoms with Crippen LogP contribution in [0, 0.1) is 0 Å². The molecule has 122 valence electrons. The van der Waals surface area contributed by atoms with E-state index in [1.807, 2.05) is 0 Å². The number of sulfonamides is 1. The predicted molar refractivity (Wildman–Crippen MR) is 88.9 cm³/mol. The van der Waals surface area contributed by atoms with Gasteiger partial charge in [-0.05, 0) is 37.2 Å². The number of hydrogen-bond donors (Lipinski definition) is 2. The van der Waals surface area contributed by atoms with Crippen LogP contribution in [0.1, 0.15) is 38.2 Å². The number of hydrogen-bond acceptors (Lipinski definition) is 3. The predicted octanol–water partition coefficient (Wildman–Crippen LogP) is 2.30. The van der Waals surface area contributed by atoms with Crippen LogP contribution in [0.3, 0.4) is 0 Å². The number of carbonyl (C=O) groups excluding carboxylic acids is 1. The van der Waals surface area contributed by atoms with Gasteiger partial charge in [0.2, 0.25) is 15.9 Å². The molecule has 1 aromatic carbocycles. The van der Waals surface area contributed by atoms with E-state index in [9.17, 15) is 13.2 Å². The van der Waals surface area contributed by atoms with Gasteiger partial charge in [-0.15, -0.1) is 0 Å². The van der Waals surface area contributed by atoms with Gasteiger partial charge >= 0.3 is 0 Å². The lowest BCUT2D eigenvalue weighted by Gasteiger charge is -2.03. The molecule has 0 aliphatic heterocycles. The fourth-order valence-electron chi connectivity index (χ4n) is 1.87. The highest BCUT2D eigenvalue weighted by atomic mass is 32.2. The number of unbranched alkanes of at least 4 members (excludes halogenated alkanes) is 3. The lowest BCUT2D eigenvalue weighted by molar-refractivity contribution is -0.116. The molecule has 0 bridgehead atoms. The third-order valence-corrected chi connectivity index (χ3v) is 4.65. The van der Waals surface area contributed by atoms with Crippen molar-refractivity contribution in [2.75, 3.05) is 13.6 Å². The average molecular weight is 324 g/mol. The van der Waals surface area contributed by atoms with Gasteiger partial charge in [0.1, 0.15) is 0 Å². The van der Waals surface area contributed by atoms with E-state index in [4.69, 9.17) is 0 Å². The molecule has 0 heterocycles. The molecule has 1 rings (SSSR count). The SMILES string of the molecule is CCCCCCNC(=O)/C=C/c1ccc(S(=O)(=O)NC)cc1. The number of nitrogens with one attached hydrogen (secondary N) is 2. The van der Waals surface area contributed by atoms with Gasteiger partial charge in [0.25, 0.3) is 0 Å². The summed E-state index contributed by atoms with van der Waals surface area (Å²) in [5.41, 5.74) is 0.774. The Morgan fingerprint density at radius 2 is 1.82 bits per heavy atom. The maximum atomic E-state index is 11.6. The largest absolute Gasteiger partial charge is 0.353 e. The Hall–Kier alpha value is -1.66. The fraction of sp³-hybridized carbons (Fsp3) is 0.438. The average Bonchev–Trinajstić information content (AvgIpc) is 2.53. The minimum Gasteiger partial charge on any atom is -0.353 e. The monoisotopic (exact) mass is 324 g/mol. The van der Waals surface area contributed by atoms with Gasteiger partial charge in [0.05, 0.1) is 4.90 Å². The first kappa shape index (κ1) is 18.4. The van der Waals surface area contributed by atoms with Crippen LogP contribution < -0.4 is 10.0 Å². The molecule has 2 N–H and O–H groups in total. The van der Waals surface area contributed by atoms with Crippen LogP contribution in [-0.4, -0.2) is 27.9 Å². The summed E-state index contributed by atoms with van der Waals surface area (Å²) >= 11 is 0. The van der Waals surface area contributed by atoms with Crippen LogP contribution in [-0.2, 0) is 14.8 Å². The van der Waals surface area contributed by atoms with E-state index in [0.29, 0.717) is 6.54 Å². The minimum absolute atomic E-state index is 0.136. The summed E-state index contributed by atoms with van der Waals surface area (Å²) in [5, 5.41) is 2.82. The molecular weight excluding hydrogens is 300 g/mol. The van der Waals surface area contributed by atoms with Crippen molar-refractivity contribution in [3.63, 3.8) is 0 Å². The lowest BCUT2D eigenvalue weighted by atomic mass is 10.2. The topological polar surface area (TPSA) is 75.3 Å². The quantitative estimate of drug-likeness (QED) is 0.540. The molecular formula is C16H24N2O3S. The van der Waals surface area contributed by atoms with E-state index >= 15 is 0 Å². The van der Waals surface area contributed by atoms with E-state index < -0.39 is 10.0 Å². The van der Waals surface area contributed by atoms with Gasteiger partial charge in [-0.25, -0.2) is 13.1 Å². The van der Waals surface area contributed by atoms with Crippen molar-refractivity contribution in [2.24, 2.45) is 0 Å². The first-order valence-corrected chi connectivity index (χ1v) is 8.97. The van der Waals surface area contributed by atoms with Gasteiger partial charge in [-0.3, -0.25) is 4.79 Å². The highest BCUT2D eigenvalue weighted by molar-refractivity contribution is 7.89. The van der Waals surface area contributed by atoms with Crippen LogP contribution in [0.25, 0.3) is 6.08 Å². The van der Waals surface area contributed by atoms with Crippen molar-refractivity contribution in [3.05, 3.63) is 35.9 Å². The van der Waals surface area contributed by atoms with E-state index in [1.165, 1.54) is 38.1 Å². The van der Waals surface area contributed by atoms with E-state index in [2.05, 4.69) is 17.0 Å². The van der Waals surface area contributed by atoms with Gasteiger partial charge in [0, 0.05) is 12.6 Å². The molecule has 5 nitrogen and oxygen atoms in total. The Kier molecular flexibility index (Phi) is 7.84. The molecule has 0 unspecified atom stereocenters. The highest BCUT2D eigenvalue weighted by Gasteiger charge is 2.09. The van der Waals surface area contributed by atoms with Crippen LogP contribution in [0.5, 0.6) is 0 Å². The molecule has 0 saturated carbocycles. The number of rotatable bonds is 9.